The van der Waals surface area contributed by atoms with Crippen molar-refractivity contribution in [2.24, 2.45) is 0 Å². The van der Waals surface area contributed by atoms with Gasteiger partial charge in [-0.05, 0) is 12.5 Å². The molecule has 1 atom stereocenters. The number of amides is 1. The van der Waals surface area contributed by atoms with Crippen molar-refractivity contribution in [1.29, 1.82) is 0 Å². The molecule has 1 aromatic rings. The van der Waals surface area contributed by atoms with Crippen LogP contribution in [-0.4, -0.2) is 28.7 Å². The fourth-order valence-electron chi connectivity index (χ4n) is 1.05. The van der Waals surface area contributed by atoms with Crippen LogP contribution < -0.4 is 0 Å². The molecule has 1 amide bonds. The Balaban J connectivity index is 2.44. The van der Waals surface area contributed by atoms with Crippen molar-refractivity contribution >= 4 is 12.4 Å². The molecule has 0 aliphatic rings. The zero-order valence-electron chi connectivity index (χ0n) is 8.87. The molecular formula is C11H13NO4. The van der Waals surface area contributed by atoms with E-state index in [0.29, 0.717) is 0 Å². The third kappa shape index (κ3) is 3.36. The Bertz CT molecular complexity index is 352. The van der Waals surface area contributed by atoms with Gasteiger partial charge in [0.15, 0.2) is 6.04 Å². The first-order chi connectivity index (χ1) is 7.65. The zero-order valence-corrected chi connectivity index (χ0v) is 8.87. The molecule has 1 unspecified atom stereocenters. The summed E-state index contributed by atoms with van der Waals surface area (Å²) in [5.41, 5.74) is 0.846. The van der Waals surface area contributed by atoms with Gasteiger partial charge in [0.25, 0.3) is 0 Å². The lowest BCUT2D eigenvalue weighted by molar-refractivity contribution is -0.177. The minimum atomic E-state index is -0.999. The summed E-state index contributed by atoms with van der Waals surface area (Å²) in [4.78, 5) is 21.5. The Morgan fingerprint density at radius 1 is 1.50 bits per heavy atom. The van der Waals surface area contributed by atoms with Gasteiger partial charge < -0.3 is 4.74 Å². The Morgan fingerprint density at radius 2 is 2.12 bits per heavy atom. The molecule has 1 aromatic carbocycles. The molecule has 0 radical (unpaired) electrons. The van der Waals surface area contributed by atoms with Crippen LogP contribution in [0.15, 0.2) is 30.3 Å². The number of esters is 1. The number of nitrogens with zero attached hydrogens (tertiary/aromatic N) is 1. The Kier molecular flexibility index (Phi) is 4.47. The van der Waals surface area contributed by atoms with Crippen molar-refractivity contribution in [3.63, 3.8) is 0 Å². The molecular weight excluding hydrogens is 210 g/mol. The molecule has 5 heteroatoms. The first-order valence-electron chi connectivity index (χ1n) is 4.78. The van der Waals surface area contributed by atoms with Crippen molar-refractivity contribution in [1.82, 2.24) is 5.06 Å². The van der Waals surface area contributed by atoms with Gasteiger partial charge in [0, 0.05) is 0 Å². The molecule has 0 spiro atoms. The lowest BCUT2D eigenvalue weighted by Gasteiger charge is -2.16. The van der Waals surface area contributed by atoms with Crippen molar-refractivity contribution in [3.05, 3.63) is 35.9 Å². The number of hydrogen-bond acceptors (Lipinski definition) is 4. The summed E-state index contributed by atoms with van der Waals surface area (Å²) >= 11 is 0. The standard InChI is InChI=1S/C11H13NO4/c1-9(12(15)8-13)11(14)16-7-10-5-3-2-4-6-10/h2-6,8-9,15H,7H2,1H3. The number of carbonyl (C=O) groups is 2. The van der Waals surface area contributed by atoms with E-state index in [4.69, 9.17) is 9.94 Å². The van der Waals surface area contributed by atoms with Crippen molar-refractivity contribution in [2.75, 3.05) is 0 Å². The van der Waals surface area contributed by atoms with Crippen LogP contribution in [0.4, 0.5) is 0 Å². The van der Waals surface area contributed by atoms with Gasteiger partial charge in [-0.25, -0.2) is 9.86 Å². The van der Waals surface area contributed by atoms with E-state index in [9.17, 15) is 9.59 Å². The Morgan fingerprint density at radius 3 is 2.69 bits per heavy atom. The molecule has 0 saturated heterocycles. The average Bonchev–Trinajstić information content (AvgIpc) is 2.35. The van der Waals surface area contributed by atoms with Crippen LogP contribution in [-0.2, 0) is 20.9 Å². The summed E-state index contributed by atoms with van der Waals surface area (Å²) in [5.74, 6) is -0.654. The van der Waals surface area contributed by atoms with Gasteiger partial charge in [-0.3, -0.25) is 10.0 Å². The lowest BCUT2D eigenvalue weighted by atomic mass is 10.2. The van der Waals surface area contributed by atoms with Crippen molar-refractivity contribution in [2.45, 2.75) is 19.6 Å². The highest BCUT2D eigenvalue weighted by molar-refractivity contribution is 5.77. The van der Waals surface area contributed by atoms with E-state index < -0.39 is 12.0 Å². The summed E-state index contributed by atoms with van der Waals surface area (Å²) in [6.07, 6.45) is 0.161. The molecule has 0 aromatic heterocycles. The van der Waals surface area contributed by atoms with Gasteiger partial charge in [-0.2, -0.15) is 0 Å². The van der Waals surface area contributed by atoms with E-state index in [1.807, 2.05) is 30.3 Å². The van der Waals surface area contributed by atoms with Crippen LogP contribution in [0.5, 0.6) is 0 Å². The molecule has 0 aliphatic carbocycles. The van der Waals surface area contributed by atoms with E-state index in [-0.39, 0.29) is 18.1 Å². The summed E-state index contributed by atoms with van der Waals surface area (Å²) in [5, 5.41) is 9.23. The van der Waals surface area contributed by atoms with Gasteiger partial charge in [0.2, 0.25) is 6.41 Å². The fraction of sp³-hybridized carbons (Fsp3) is 0.273. The number of carbonyl (C=O) groups excluding carboxylic acids is 2. The summed E-state index contributed by atoms with van der Waals surface area (Å²) < 4.78 is 4.91. The second kappa shape index (κ2) is 5.87. The molecule has 1 rings (SSSR count). The van der Waals surface area contributed by atoms with Crippen LogP contribution >= 0.6 is 0 Å². The maximum absolute atomic E-state index is 11.3. The molecule has 1 N–H and O–H groups in total. The monoisotopic (exact) mass is 223 g/mol. The molecule has 86 valence electrons. The summed E-state index contributed by atoms with van der Waals surface area (Å²) in [6.45, 7) is 1.50. The van der Waals surface area contributed by atoms with Crippen molar-refractivity contribution < 1.29 is 19.5 Å². The summed E-state index contributed by atoms with van der Waals surface area (Å²) in [7, 11) is 0. The van der Waals surface area contributed by atoms with Gasteiger partial charge in [0.05, 0.1) is 0 Å². The minimum absolute atomic E-state index is 0.122. The van der Waals surface area contributed by atoms with E-state index in [2.05, 4.69) is 0 Å². The predicted octanol–water partition coefficient (Wildman–Crippen LogP) is 0.966. The van der Waals surface area contributed by atoms with E-state index in [1.165, 1.54) is 6.92 Å². The van der Waals surface area contributed by atoms with Crippen molar-refractivity contribution in [3.8, 4) is 0 Å². The molecule has 0 saturated carbocycles. The number of hydrogen-bond donors (Lipinski definition) is 1. The lowest BCUT2D eigenvalue weighted by Crippen LogP contribution is -2.36. The van der Waals surface area contributed by atoms with E-state index in [1.54, 1.807) is 0 Å². The number of rotatable bonds is 5. The average molecular weight is 223 g/mol. The first-order valence-corrected chi connectivity index (χ1v) is 4.78. The normalized spacial score (nSPS) is 11.6. The van der Waals surface area contributed by atoms with E-state index >= 15 is 0 Å². The minimum Gasteiger partial charge on any atom is -0.459 e. The topological polar surface area (TPSA) is 66.8 Å². The second-order valence-corrected chi connectivity index (χ2v) is 3.25. The van der Waals surface area contributed by atoms with Crippen LogP contribution in [0.25, 0.3) is 0 Å². The predicted molar refractivity (Wildman–Crippen MR) is 55.4 cm³/mol. The maximum Gasteiger partial charge on any atom is 0.331 e. The highest BCUT2D eigenvalue weighted by Gasteiger charge is 2.19. The van der Waals surface area contributed by atoms with Gasteiger partial charge >= 0.3 is 5.97 Å². The molecule has 16 heavy (non-hydrogen) atoms. The third-order valence-corrected chi connectivity index (χ3v) is 2.07. The molecule has 0 aliphatic heterocycles. The molecule has 0 fully saturated rings. The van der Waals surface area contributed by atoms with Crippen LogP contribution in [0, 0.1) is 0 Å². The van der Waals surface area contributed by atoms with Crippen LogP contribution in [0.3, 0.4) is 0 Å². The zero-order chi connectivity index (χ0) is 12.0. The number of ether oxygens (including phenoxy) is 1. The van der Waals surface area contributed by atoms with Crippen LogP contribution in [0.1, 0.15) is 12.5 Å². The quantitative estimate of drug-likeness (QED) is 0.349. The van der Waals surface area contributed by atoms with Gasteiger partial charge in [-0.1, -0.05) is 30.3 Å². The van der Waals surface area contributed by atoms with Gasteiger partial charge in [0.1, 0.15) is 6.61 Å². The maximum atomic E-state index is 11.3. The smallest absolute Gasteiger partial charge is 0.331 e. The van der Waals surface area contributed by atoms with Crippen LogP contribution in [0.2, 0.25) is 0 Å². The van der Waals surface area contributed by atoms with Gasteiger partial charge in [-0.15, -0.1) is 0 Å². The highest BCUT2D eigenvalue weighted by Crippen LogP contribution is 2.03. The second-order valence-electron chi connectivity index (χ2n) is 3.25. The summed E-state index contributed by atoms with van der Waals surface area (Å²) in [6, 6.07) is 8.15. The highest BCUT2D eigenvalue weighted by atomic mass is 16.6. The SMILES string of the molecule is CC(C(=O)OCc1ccccc1)N(O)C=O. The Labute approximate surface area is 93.2 Å². The number of hydroxylamine groups is 2. The largest absolute Gasteiger partial charge is 0.459 e. The first kappa shape index (κ1) is 12.2. The molecule has 5 nitrogen and oxygen atoms in total. The number of benzene rings is 1. The van der Waals surface area contributed by atoms with E-state index in [0.717, 1.165) is 5.56 Å². The fourth-order valence-corrected chi connectivity index (χ4v) is 1.05. The molecule has 0 heterocycles. The Hall–Kier alpha value is -1.88. The molecule has 0 bridgehead atoms. The third-order valence-electron chi connectivity index (χ3n) is 2.07.